The molecule has 1 heterocycles. The van der Waals surface area contributed by atoms with Gasteiger partial charge in [-0.25, -0.2) is 8.42 Å². The van der Waals surface area contributed by atoms with Crippen LogP contribution in [0.1, 0.15) is 0 Å². The molecule has 0 saturated carbocycles. The molecule has 1 aromatic heterocycles. The van der Waals surface area contributed by atoms with E-state index in [1.807, 2.05) is 23.9 Å². The average molecular weight is 288 g/mol. The lowest BCUT2D eigenvalue weighted by Crippen LogP contribution is -1.97. The Morgan fingerprint density at radius 3 is 2.60 bits per heavy atom. The molecular formula is C10H10BrNO2S. The summed E-state index contributed by atoms with van der Waals surface area (Å²) in [5, 5.41) is 1.02. The van der Waals surface area contributed by atoms with Gasteiger partial charge in [0.05, 0.1) is 10.4 Å². The lowest BCUT2D eigenvalue weighted by Gasteiger charge is -2.00. The summed E-state index contributed by atoms with van der Waals surface area (Å²) in [6, 6.07) is 5.13. The van der Waals surface area contributed by atoms with Crippen LogP contribution in [0.2, 0.25) is 0 Å². The van der Waals surface area contributed by atoms with E-state index in [1.54, 1.807) is 12.1 Å². The van der Waals surface area contributed by atoms with Crippen LogP contribution in [-0.4, -0.2) is 19.2 Å². The SMILES string of the molecule is Cn1cc(Br)c2ccc(S(C)(=O)=O)cc21. The Bertz CT molecular complexity index is 628. The number of fused-ring (bicyclic) bond motifs is 1. The van der Waals surface area contributed by atoms with Gasteiger partial charge in [0, 0.05) is 29.4 Å². The molecule has 0 aliphatic heterocycles. The van der Waals surface area contributed by atoms with E-state index in [9.17, 15) is 8.42 Å². The van der Waals surface area contributed by atoms with Gasteiger partial charge in [-0.15, -0.1) is 0 Å². The highest BCUT2D eigenvalue weighted by Crippen LogP contribution is 2.27. The van der Waals surface area contributed by atoms with E-state index >= 15 is 0 Å². The number of nitrogens with zero attached hydrogens (tertiary/aromatic N) is 1. The quantitative estimate of drug-likeness (QED) is 0.808. The highest BCUT2D eigenvalue weighted by Gasteiger charge is 2.10. The molecule has 80 valence electrons. The summed E-state index contributed by atoms with van der Waals surface area (Å²) in [5.74, 6) is 0. The van der Waals surface area contributed by atoms with Crippen LogP contribution >= 0.6 is 15.9 Å². The van der Waals surface area contributed by atoms with Crippen molar-refractivity contribution in [1.82, 2.24) is 4.57 Å². The second kappa shape index (κ2) is 3.35. The van der Waals surface area contributed by atoms with E-state index < -0.39 is 9.84 Å². The molecule has 3 nitrogen and oxygen atoms in total. The molecule has 0 saturated heterocycles. The van der Waals surface area contributed by atoms with Crippen LogP contribution in [0.3, 0.4) is 0 Å². The van der Waals surface area contributed by atoms with Gasteiger partial charge in [-0.05, 0) is 28.1 Å². The molecule has 0 spiro atoms. The first-order valence-electron chi connectivity index (χ1n) is 4.34. The second-order valence-electron chi connectivity index (χ2n) is 3.54. The zero-order chi connectivity index (χ0) is 11.2. The first kappa shape index (κ1) is 10.7. The van der Waals surface area contributed by atoms with E-state index in [0.717, 1.165) is 15.4 Å². The van der Waals surface area contributed by atoms with E-state index in [-0.39, 0.29) is 0 Å². The van der Waals surface area contributed by atoms with Crippen LogP contribution in [0, 0.1) is 0 Å². The lowest BCUT2D eigenvalue weighted by atomic mass is 10.2. The van der Waals surface area contributed by atoms with Crippen LogP contribution in [0.15, 0.2) is 33.8 Å². The van der Waals surface area contributed by atoms with Crippen LogP contribution in [0.25, 0.3) is 10.9 Å². The Morgan fingerprint density at radius 1 is 1.33 bits per heavy atom. The molecule has 0 amide bonds. The van der Waals surface area contributed by atoms with Crippen LogP contribution in [0.5, 0.6) is 0 Å². The van der Waals surface area contributed by atoms with Crippen molar-refractivity contribution in [2.75, 3.05) is 6.26 Å². The second-order valence-corrected chi connectivity index (χ2v) is 6.41. The molecule has 2 aromatic rings. The summed E-state index contributed by atoms with van der Waals surface area (Å²) in [5.41, 5.74) is 0.907. The predicted molar refractivity (Wildman–Crippen MR) is 63.7 cm³/mol. The Balaban J connectivity index is 2.82. The van der Waals surface area contributed by atoms with Gasteiger partial charge in [-0.1, -0.05) is 6.07 Å². The van der Waals surface area contributed by atoms with E-state index in [4.69, 9.17) is 0 Å². The Labute approximate surface area is 96.8 Å². The maximum Gasteiger partial charge on any atom is 0.175 e. The van der Waals surface area contributed by atoms with Gasteiger partial charge in [0.15, 0.2) is 9.84 Å². The molecule has 0 bridgehead atoms. The molecule has 0 radical (unpaired) electrons. The molecule has 0 aliphatic carbocycles. The maximum atomic E-state index is 11.4. The fourth-order valence-electron chi connectivity index (χ4n) is 1.54. The summed E-state index contributed by atoms with van der Waals surface area (Å²) in [4.78, 5) is 0.351. The number of benzene rings is 1. The van der Waals surface area contributed by atoms with Crippen molar-refractivity contribution >= 4 is 36.7 Å². The van der Waals surface area contributed by atoms with Crippen molar-refractivity contribution in [3.8, 4) is 0 Å². The third kappa shape index (κ3) is 1.81. The smallest absolute Gasteiger partial charge is 0.175 e. The molecule has 5 heteroatoms. The first-order valence-corrected chi connectivity index (χ1v) is 7.02. The van der Waals surface area contributed by atoms with Crippen molar-refractivity contribution < 1.29 is 8.42 Å². The van der Waals surface area contributed by atoms with Crippen molar-refractivity contribution in [1.29, 1.82) is 0 Å². The van der Waals surface area contributed by atoms with E-state index in [2.05, 4.69) is 15.9 Å². The largest absolute Gasteiger partial charge is 0.349 e. The van der Waals surface area contributed by atoms with Crippen molar-refractivity contribution in [3.05, 3.63) is 28.9 Å². The molecule has 0 N–H and O–H groups in total. The molecule has 0 aliphatic rings. The normalized spacial score (nSPS) is 12.2. The number of rotatable bonds is 1. The standard InChI is InChI=1S/C10H10BrNO2S/c1-12-6-9(11)8-4-3-7(5-10(8)12)15(2,13)14/h3-6H,1-2H3. The van der Waals surface area contributed by atoms with Gasteiger partial charge >= 0.3 is 0 Å². The maximum absolute atomic E-state index is 11.4. The van der Waals surface area contributed by atoms with Crippen molar-refractivity contribution in [3.63, 3.8) is 0 Å². The average Bonchev–Trinajstić information content (AvgIpc) is 2.41. The zero-order valence-corrected chi connectivity index (χ0v) is 10.8. The summed E-state index contributed by atoms with van der Waals surface area (Å²) in [7, 11) is -1.24. The highest BCUT2D eigenvalue weighted by atomic mass is 79.9. The number of aromatic nitrogens is 1. The molecule has 2 rings (SSSR count). The van der Waals surface area contributed by atoms with Crippen molar-refractivity contribution in [2.45, 2.75) is 4.90 Å². The predicted octanol–water partition coefficient (Wildman–Crippen LogP) is 2.34. The molecule has 1 aromatic carbocycles. The molecule has 0 fully saturated rings. The lowest BCUT2D eigenvalue weighted by molar-refractivity contribution is 0.602. The van der Waals surface area contributed by atoms with Gasteiger partial charge < -0.3 is 4.57 Å². The van der Waals surface area contributed by atoms with Gasteiger partial charge in [-0.3, -0.25) is 0 Å². The van der Waals surface area contributed by atoms with Crippen LogP contribution < -0.4 is 0 Å². The third-order valence-corrected chi connectivity index (χ3v) is 4.08. The minimum absolute atomic E-state index is 0.351. The summed E-state index contributed by atoms with van der Waals surface area (Å²) in [6.07, 6.45) is 3.13. The summed E-state index contributed by atoms with van der Waals surface area (Å²) < 4.78 is 25.6. The number of aryl methyl sites for hydroxylation is 1. The number of halogens is 1. The third-order valence-electron chi connectivity index (χ3n) is 2.34. The minimum Gasteiger partial charge on any atom is -0.349 e. The molecule has 15 heavy (non-hydrogen) atoms. The topological polar surface area (TPSA) is 39.1 Å². The number of hydrogen-bond acceptors (Lipinski definition) is 2. The molecular weight excluding hydrogens is 278 g/mol. The van der Waals surface area contributed by atoms with E-state index in [1.165, 1.54) is 6.26 Å². The van der Waals surface area contributed by atoms with E-state index in [0.29, 0.717) is 4.90 Å². The Kier molecular flexibility index (Phi) is 2.39. The van der Waals surface area contributed by atoms with Crippen LogP contribution in [-0.2, 0) is 16.9 Å². The highest BCUT2D eigenvalue weighted by molar-refractivity contribution is 9.10. The van der Waals surface area contributed by atoms with Crippen molar-refractivity contribution in [2.24, 2.45) is 7.05 Å². The van der Waals surface area contributed by atoms with Gasteiger partial charge in [0.25, 0.3) is 0 Å². The molecule has 0 unspecified atom stereocenters. The van der Waals surface area contributed by atoms with Gasteiger partial charge in [0.1, 0.15) is 0 Å². The van der Waals surface area contributed by atoms with Gasteiger partial charge in [0.2, 0.25) is 0 Å². The zero-order valence-electron chi connectivity index (χ0n) is 8.36. The fourth-order valence-corrected chi connectivity index (χ4v) is 2.83. The monoisotopic (exact) mass is 287 g/mol. The Morgan fingerprint density at radius 2 is 2.00 bits per heavy atom. The number of hydrogen-bond donors (Lipinski definition) is 0. The minimum atomic E-state index is -3.13. The summed E-state index contributed by atoms with van der Waals surface area (Å²) >= 11 is 3.42. The van der Waals surface area contributed by atoms with Crippen LogP contribution in [0.4, 0.5) is 0 Å². The fraction of sp³-hybridized carbons (Fsp3) is 0.200. The summed E-state index contributed by atoms with van der Waals surface area (Å²) in [6.45, 7) is 0. The first-order chi connectivity index (χ1) is 6.89. The number of sulfone groups is 1. The Hall–Kier alpha value is -0.810. The van der Waals surface area contributed by atoms with Gasteiger partial charge in [-0.2, -0.15) is 0 Å². The molecule has 0 atom stereocenters.